The van der Waals surface area contributed by atoms with Crippen LogP contribution in [-0.2, 0) is 0 Å². The standard InChI is InChI=1S/C27H28N6O2/c1-32(20-10-15-33(16-11-20)21-8-12-29-13-9-21)27(35)31-25-22(3-2-4-23(25)28)26(34)19-6-5-18-7-14-30-24(18)17-19/h2-9,12-14,17,20,30H,10-11,15-16,28H2,1H3,(H,31,35). The van der Waals surface area contributed by atoms with Crippen molar-refractivity contribution in [1.29, 1.82) is 0 Å². The molecule has 0 unspecified atom stereocenters. The van der Waals surface area contributed by atoms with E-state index in [1.54, 1.807) is 48.6 Å². The number of fused-ring (bicyclic) bond motifs is 1. The molecule has 2 aromatic carbocycles. The minimum atomic E-state index is -0.279. The molecule has 0 atom stereocenters. The fourth-order valence-electron chi connectivity index (χ4n) is 4.67. The van der Waals surface area contributed by atoms with E-state index in [1.807, 2.05) is 36.5 Å². The van der Waals surface area contributed by atoms with Crippen LogP contribution in [0.3, 0.4) is 0 Å². The summed E-state index contributed by atoms with van der Waals surface area (Å²) in [5, 5.41) is 3.94. The Morgan fingerprint density at radius 3 is 2.63 bits per heavy atom. The largest absolute Gasteiger partial charge is 0.397 e. The van der Waals surface area contributed by atoms with Crippen LogP contribution in [0, 0.1) is 0 Å². The average Bonchev–Trinajstić information content (AvgIpc) is 3.37. The highest BCUT2D eigenvalue weighted by Gasteiger charge is 2.27. The number of benzene rings is 2. The van der Waals surface area contributed by atoms with Crippen molar-refractivity contribution in [3.05, 3.63) is 84.3 Å². The quantitative estimate of drug-likeness (QED) is 0.295. The second kappa shape index (κ2) is 9.50. The molecule has 1 saturated heterocycles. The average molecular weight is 469 g/mol. The van der Waals surface area contributed by atoms with Crippen molar-refractivity contribution in [3.63, 3.8) is 0 Å². The van der Waals surface area contributed by atoms with Gasteiger partial charge in [0.15, 0.2) is 5.78 Å². The molecule has 178 valence electrons. The number of urea groups is 1. The van der Waals surface area contributed by atoms with Crippen LogP contribution in [0.15, 0.2) is 73.2 Å². The number of hydrogen-bond acceptors (Lipinski definition) is 5. The molecule has 1 aliphatic heterocycles. The molecule has 4 N–H and O–H groups in total. The van der Waals surface area contributed by atoms with Crippen molar-refractivity contribution >= 4 is 39.8 Å². The maximum Gasteiger partial charge on any atom is 0.321 e. The number of anilines is 3. The molecule has 0 saturated carbocycles. The van der Waals surface area contributed by atoms with Gasteiger partial charge in [-0.25, -0.2) is 4.79 Å². The lowest BCUT2D eigenvalue weighted by Gasteiger charge is -2.37. The predicted molar refractivity (Wildman–Crippen MR) is 139 cm³/mol. The third-order valence-electron chi connectivity index (χ3n) is 6.75. The highest BCUT2D eigenvalue weighted by molar-refractivity contribution is 6.16. The fraction of sp³-hybridized carbons (Fsp3) is 0.222. The summed E-state index contributed by atoms with van der Waals surface area (Å²) in [7, 11) is 1.79. The number of carbonyl (C=O) groups excluding carboxylic acids is 2. The number of para-hydroxylation sites is 1. The van der Waals surface area contributed by atoms with Crippen LogP contribution >= 0.6 is 0 Å². The zero-order chi connectivity index (χ0) is 24.4. The second-order valence-electron chi connectivity index (χ2n) is 8.84. The maximum atomic E-state index is 13.4. The van der Waals surface area contributed by atoms with E-state index in [-0.39, 0.29) is 17.9 Å². The van der Waals surface area contributed by atoms with Gasteiger partial charge in [0.25, 0.3) is 0 Å². The number of nitrogens with two attached hydrogens (primary N) is 1. The van der Waals surface area contributed by atoms with Crippen LogP contribution in [-0.4, -0.2) is 52.9 Å². The number of H-pyrrole nitrogens is 1. The first kappa shape index (κ1) is 22.5. The van der Waals surface area contributed by atoms with Crippen LogP contribution in [0.1, 0.15) is 28.8 Å². The van der Waals surface area contributed by atoms with E-state index in [1.165, 1.54) is 0 Å². The van der Waals surface area contributed by atoms with Crippen LogP contribution in [0.4, 0.5) is 21.9 Å². The topological polar surface area (TPSA) is 107 Å². The summed E-state index contributed by atoms with van der Waals surface area (Å²) in [6.07, 6.45) is 7.11. The Morgan fingerprint density at radius 2 is 1.86 bits per heavy atom. The SMILES string of the molecule is CN(C(=O)Nc1c(N)cccc1C(=O)c1ccc2cc[nH]c2c1)C1CCN(c2ccncc2)CC1. The Labute approximate surface area is 203 Å². The summed E-state index contributed by atoms with van der Waals surface area (Å²) in [6, 6.07) is 16.4. The molecule has 1 fully saturated rings. The van der Waals surface area contributed by atoms with Crippen molar-refractivity contribution in [2.24, 2.45) is 0 Å². The van der Waals surface area contributed by atoms with Gasteiger partial charge < -0.3 is 25.8 Å². The number of aromatic amines is 1. The van der Waals surface area contributed by atoms with E-state index in [0.717, 1.165) is 42.5 Å². The minimum absolute atomic E-state index is 0.0902. The van der Waals surface area contributed by atoms with Crippen molar-refractivity contribution < 1.29 is 9.59 Å². The van der Waals surface area contributed by atoms with Gasteiger partial charge in [0.05, 0.1) is 11.4 Å². The van der Waals surface area contributed by atoms with Gasteiger partial charge in [0, 0.05) is 67.1 Å². The van der Waals surface area contributed by atoms with Crippen LogP contribution in [0.5, 0.6) is 0 Å². The number of ketones is 1. The van der Waals surface area contributed by atoms with Gasteiger partial charge >= 0.3 is 6.03 Å². The third kappa shape index (κ3) is 4.55. The molecule has 0 aliphatic carbocycles. The molecule has 2 aromatic heterocycles. The zero-order valence-corrected chi connectivity index (χ0v) is 19.6. The molecule has 1 aliphatic rings. The number of rotatable bonds is 5. The Bertz CT molecular complexity index is 1360. The second-order valence-corrected chi connectivity index (χ2v) is 8.84. The summed E-state index contributed by atoms with van der Waals surface area (Å²) in [5.41, 5.74) is 9.82. The summed E-state index contributed by atoms with van der Waals surface area (Å²) in [4.78, 5) is 37.8. The van der Waals surface area contributed by atoms with Gasteiger partial charge in [-0.3, -0.25) is 9.78 Å². The number of hydrogen-bond donors (Lipinski definition) is 3. The number of nitrogens with one attached hydrogen (secondary N) is 2. The molecule has 0 bridgehead atoms. The molecule has 5 rings (SSSR count). The van der Waals surface area contributed by atoms with Crippen molar-refractivity contribution in [2.75, 3.05) is 36.1 Å². The van der Waals surface area contributed by atoms with Gasteiger partial charge in [0.1, 0.15) is 0 Å². The lowest BCUT2D eigenvalue weighted by molar-refractivity contribution is 0.103. The van der Waals surface area contributed by atoms with Crippen molar-refractivity contribution in [2.45, 2.75) is 18.9 Å². The number of nitrogen functional groups attached to an aromatic ring is 1. The molecule has 2 amide bonds. The first-order chi connectivity index (χ1) is 17.0. The molecule has 8 heteroatoms. The number of amides is 2. The number of piperidine rings is 1. The Kier molecular flexibility index (Phi) is 6.10. The summed E-state index contributed by atoms with van der Waals surface area (Å²) in [5.74, 6) is -0.197. The normalized spacial score (nSPS) is 14.1. The molecule has 35 heavy (non-hydrogen) atoms. The number of pyridine rings is 1. The predicted octanol–water partition coefficient (Wildman–Crippen LogP) is 4.51. The third-order valence-corrected chi connectivity index (χ3v) is 6.75. The smallest absolute Gasteiger partial charge is 0.321 e. The molecule has 3 heterocycles. The molecular weight excluding hydrogens is 440 g/mol. The number of nitrogens with zero attached hydrogens (tertiary/aromatic N) is 3. The maximum absolute atomic E-state index is 13.4. The van der Waals surface area contributed by atoms with E-state index in [4.69, 9.17) is 5.73 Å². The summed E-state index contributed by atoms with van der Waals surface area (Å²) < 4.78 is 0. The first-order valence-corrected chi connectivity index (χ1v) is 11.7. The Morgan fingerprint density at radius 1 is 1.09 bits per heavy atom. The van der Waals surface area contributed by atoms with E-state index in [0.29, 0.717) is 22.5 Å². The fourth-order valence-corrected chi connectivity index (χ4v) is 4.67. The molecule has 4 aromatic rings. The van der Waals surface area contributed by atoms with E-state index < -0.39 is 0 Å². The Hall–Kier alpha value is -4.33. The highest BCUT2D eigenvalue weighted by Crippen LogP contribution is 2.28. The van der Waals surface area contributed by atoms with Crippen molar-refractivity contribution in [1.82, 2.24) is 14.9 Å². The zero-order valence-electron chi connectivity index (χ0n) is 19.6. The Balaban J connectivity index is 1.30. The van der Waals surface area contributed by atoms with Crippen molar-refractivity contribution in [3.8, 4) is 0 Å². The molecule has 0 radical (unpaired) electrons. The van der Waals surface area contributed by atoms with Crippen LogP contribution < -0.4 is 16.0 Å². The van der Waals surface area contributed by atoms with Gasteiger partial charge in [0.2, 0.25) is 0 Å². The minimum Gasteiger partial charge on any atom is -0.397 e. The summed E-state index contributed by atoms with van der Waals surface area (Å²) >= 11 is 0. The number of carbonyl (C=O) groups is 2. The highest BCUT2D eigenvalue weighted by atomic mass is 16.2. The van der Waals surface area contributed by atoms with Crippen LogP contribution in [0.25, 0.3) is 10.9 Å². The number of aromatic nitrogens is 2. The molecular formula is C27H28N6O2. The van der Waals surface area contributed by atoms with Gasteiger partial charge in [-0.2, -0.15) is 0 Å². The van der Waals surface area contributed by atoms with E-state index in [2.05, 4.69) is 20.2 Å². The van der Waals surface area contributed by atoms with Gasteiger partial charge in [-0.1, -0.05) is 18.2 Å². The van der Waals surface area contributed by atoms with E-state index >= 15 is 0 Å². The van der Waals surface area contributed by atoms with Crippen LogP contribution in [0.2, 0.25) is 0 Å². The van der Waals surface area contributed by atoms with Gasteiger partial charge in [-0.15, -0.1) is 0 Å². The monoisotopic (exact) mass is 468 g/mol. The lowest BCUT2D eigenvalue weighted by Crippen LogP contribution is -2.47. The summed E-state index contributed by atoms with van der Waals surface area (Å²) in [6.45, 7) is 1.70. The first-order valence-electron chi connectivity index (χ1n) is 11.7. The molecule has 0 spiro atoms. The van der Waals surface area contributed by atoms with Gasteiger partial charge in [-0.05, 0) is 54.6 Å². The lowest BCUT2D eigenvalue weighted by atomic mass is 9.99. The molecule has 8 nitrogen and oxygen atoms in total. The van der Waals surface area contributed by atoms with E-state index in [9.17, 15) is 9.59 Å².